The maximum Gasteiger partial charge on any atom is 0.284 e. The van der Waals surface area contributed by atoms with Crippen LogP contribution in [0, 0.1) is 0 Å². The molecule has 1 saturated heterocycles. The lowest BCUT2D eigenvalue weighted by Crippen LogP contribution is -2.26. The van der Waals surface area contributed by atoms with Gasteiger partial charge in [-0.25, -0.2) is 4.67 Å². The zero-order valence-corrected chi connectivity index (χ0v) is 20.1. The Morgan fingerprint density at radius 1 is 0.844 bits per heavy atom. The fourth-order valence-corrected chi connectivity index (χ4v) is 10.4. The second-order valence-electron chi connectivity index (χ2n) is 8.24. The predicted molar refractivity (Wildman–Crippen MR) is 135 cm³/mol. The minimum absolute atomic E-state index is 0.0261. The van der Waals surface area contributed by atoms with Crippen molar-refractivity contribution in [3.05, 3.63) is 120 Å². The first kappa shape index (κ1) is 21.6. The smallest absolute Gasteiger partial charge is 0.284 e. The Morgan fingerprint density at radius 3 is 1.94 bits per heavy atom. The summed E-state index contributed by atoms with van der Waals surface area (Å²) in [5, 5.41) is 3.71. The molecule has 0 aromatic heterocycles. The van der Waals surface area contributed by atoms with Gasteiger partial charge in [-0.3, -0.25) is 4.57 Å². The van der Waals surface area contributed by atoms with Crippen molar-refractivity contribution in [2.24, 2.45) is 0 Å². The second-order valence-corrected chi connectivity index (χ2v) is 13.0. The number of benzene rings is 3. The van der Waals surface area contributed by atoms with E-state index < -0.39 is 15.4 Å². The molecular formula is C27H27NO2P2. The van der Waals surface area contributed by atoms with E-state index in [-0.39, 0.29) is 17.8 Å². The molecule has 3 aromatic rings. The van der Waals surface area contributed by atoms with Crippen molar-refractivity contribution < 1.29 is 9.09 Å². The molecule has 3 aromatic carbocycles. The van der Waals surface area contributed by atoms with Crippen molar-refractivity contribution in [2.75, 3.05) is 7.05 Å². The first-order chi connectivity index (χ1) is 15.6. The third-order valence-electron chi connectivity index (χ3n) is 6.36. The van der Waals surface area contributed by atoms with Crippen LogP contribution in [0.1, 0.15) is 18.6 Å². The van der Waals surface area contributed by atoms with Crippen molar-refractivity contribution in [1.82, 2.24) is 4.67 Å². The topological polar surface area (TPSA) is 29.5 Å². The minimum atomic E-state index is -3.14. The fourth-order valence-electron chi connectivity index (χ4n) is 4.56. The maximum atomic E-state index is 14.5. The van der Waals surface area contributed by atoms with Crippen LogP contribution in [0.5, 0.6) is 0 Å². The molecule has 2 unspecified atom stereocenters. The van der Waals surface area contributed by atoms with Gasteiger partial charge >= 0.3 is 0 Å². The zero-order valence-electron chi connectivity index (χ0n) is 18.3. The number of likely N-dealkylation sites (N-methyl/N-ethyl adjacent to an activating group) is 1. The third-order valence-corrected chi connectivity index (χ3v) is 12.1. The van der Waals surface area contributed by atoms with Crippen LogP contribution >= 0.6 is 15.4 Å². The molecule has 32 heavy (non-hydrogen) atoms. The third kappa shape index (κ3) is 3.74. The molecule has 2 aliphatic rings. The molecule has 3 nitrogen and oxygen atoms in total. The fraction of sp³-hybridized carbons (Fsp3) is 0.185. The van der Waals surface area contributed by atoms with E-state index >= 15 is 0 Å². The van der Waals surface area contributed by atoms with Crippen molar-refractivity contribution >= 4 is 26.1 Å². The summed E-state index contributed by atoms with van der Waals surface area (Å²) in [6.07, 6.45) is 6.09. The van der Waals surface area contributed by atoms with E-state index in [4.69, 9.17) is 4.52 Å². The summed E-state index contributed by atoms with van der Waals surface area (Å²) in [4.78, 5) is 0. The molecule has 0 bridgehead atoms. The van der Waals surface area contributed by atoms with E-state index in [9.17, 15) is 4.57 Å². The molecule has 162 valence electrons. The van der Waals surface area contributed by atoms with E-state index in [1.165, 1.54) is 15.9 Å². The molecule has 1 aliphatic carbocycles. The van der Waals surface area contributed by atoms with Gasteiger partial charge in [0.2, 0.25) is 0 Å². The molecule has 4 atom stereocenters. The van der Waals surface area contributed by atoms with Gasteiger partial charge in [0.25, 0.3) is 7.52 Å². The summed E-state index contributed by atoms with van der Waals surface area (Å²) in [5.41, 5.74) is 0.820. The monoisotopic (exact) mass is 459 g/mol. The lowest BCUT2D eigenvalue weighted by Gasteiger charge is -2.31. The maximum absolute atomic E-state index is 14.5. The van der Waals surface area contributed by atoms with Gasteiger partial charge in [0.1, 0.15) is 6.10 Å². The van der Waals surface area contributed by atoms with Gasteiger partial charge in [-0.1, -0.05) is 109 Å². The molecular weight excluding hydrogens is 432 g/mol. The van der Waals surface area contributed by atoms with Crippen LogP contribution < -0.4 is 10.6 Å². The Labute approximate surface area is 191 Å². The highest BCUT2D eigenvalue weighted by Crippen LogP contribution is 2.70. The second kappa shape index (κ2) is 8.93. The highest BCUT2D eigenvalue weighted by Gasteiger charge is 2.52. The quantitative estimate of drug-likeness (QED) is 0.424. The molecule has 0 saturated carbocycles. The molecule has 0 radical (unpaired) electrons. The van der Waals surface area contributed by atoms with Crippen LogP contribution in [-0.4, -0.2) is 23.4 Å². The summed E-state index contributed by atoms with van der Waals surface area (Å²) in [6.45, 7) is 2.11. The average molecular weight is 459 g/mol. The summed E-state index contributed by atoms with van der Waals surface area (Å²) in [6, 6.07) is 31.3. The Kier molecular flexibility index (Phi) is 6.01. The number of nitrogens with zero attached hydrogens (tertiary/aromatic N) is 1. The van der Waals surface area contributed by atoms with Crippen molar-refractivity contribution in [3.63, 3.8) is 0 Å². The Bertz CT molecular complexity index is 1140. The van der Waals surface area contributed by atoms with Gasteiger partial charge in [0.05, 0.1) is 5.66 Å². The van der Waals surface area contributed by atoms with Crippen LogP contribution in [0.25, 0.3) is 0 Å². The molecule has 0 spiro atoms. The number of hydrogen-bond acceptors (Lipinski definition) is 2. The number of allylic oxidation sites excluding steroid dienone is 4. The van der Waals surface area contributed by atoms with E-state index in [0.29, 0.717) is 0 Å². The summed E-state index contributed by atoms with van der Waals surface area (Å²) < 4.78 is 23.0. The molecule has 5 heteroatoms. The van der Waals surface area contributed by atoms with Gasteiger partial charge in [0, 0.05) is 6.04 Å². The van der Waals surface area contributed by atoms with Crippen molar-refractivity contribution in [3.8, 4) is 0 Å². The van der Waals surface area contributed by atoms with E-state index in [1.54, 1.807) is 0 Å². The summed E-state index contributed by atoms with van der Waals surface area (Å²) >= 11 is 0. The number of rotatable bonds is 5. The van der Waals surface area contributed by atoms with Crippen LogP contribution in [0.2, 0.25) is 0 Å². The standard InChI is InChI=1S/C27H27NO2P2/c1-21-27(22-13-6-3-7-14-22)30-32(29,28(21)2)26-20-12-19-25(26)31(23-15-8-4-9-16-23)24-17-10-5-11-18-24/h3-21,26-27H,1-2H3/t21-,26?,27-,32?/m0/s1. The van der Waals surface area contributed by atoms with Crippen LogP contribution in [0.4, 0.5) is 0 Å². The molecule has 1 fully saturated rings. The van der Waals surface area contributed by atoms with Gasteiger partial charge in [0.15, 0.2) is 0 Å². The Morgan fingerprint density at radius 2 is 1.38 bits per heavy atom. The highest BCUT2D eigenvalue weighted by atomic mass is 31.2. The molecule has 0 N–H and O–H groups in total. The Hall–Kier alpha value is -2.28. The first-order valence-corrected chi connectivity index (χ1v) is 13.9. The predicted octanol–water partition coefficient (Wildman–Crippen LogP) is 6.23. The zero-order chi connectivity index (χ0) is 22.1. The van der Waals surface area contributed by atoms with Crippen molar-refractivity contribution in [2.45, 2.75) is 24.7 Å². The van der Waals surface area contributed by atoms with Crippen LogP contribution in [0.15, 0.2) is 115 Å². The highest BCUT2D eigenvalue weighted by molar-refractivity contribution is 7.78. The molecule has 1 heterocycles. The van der Waals surface area contributed by atoms with Crippen LogP contribution in [-0.2, 0) is 9.09 Å². The lowest BCUT2D eigenvalue weighted by atomic mass is 10.0. The lowest BCUT2D eigenvalue weighted by molar-refractivity contribution is 0.210. The SMILES string of the molecule is C[C@H]1[C@@H](c2ccccc2)OP(=O)(C2C=CC=C2P(c2ccccc2)c2ccccc2)N1C. The number of hydrogen-bond donors (Lipinski definition) is 0. The largest absolute Gasteiger partial charge is 0.307 e. The summed E-state index contributed by atoms with van der Waals surface area (Å²) in [5.74, 6) is 0. The minimum Gasteiger partial charge on any atom is -0.307 e. The molecule has 1 aliphatic heterocycles. The molecule has 0 amide bonds. The average Bonchev–Trinajstić information content (AvgIpc) is 3.41. The van der Waals surface area contributed by atoms with Gasteiger partial charge in [-0.2, -0.15) is 0 Å². The van der Waals surface area contributed by atoms with Gasteiger partial charge in [-0.05, 0) is 43.4 Å². The van der Waals surface area contributed by atoms with E-state index in [2.05, 4.69) is 85.8 Å². The normalized spacial score (nSPS) is 27.7. The van der Waals surface area contributed by atoms with Gasteiger partial charge in [-0.15, -0.1) is 0 Å². The van der Waals surface area contributed by atoms with Crippen molar-refractivity contribution in [1.29, 1.82) is 0 Å². The summed E-state index contributed by atoms with van der Waals surface area (Å²) in [7, 11) is -2.01. The van der Waals surface area contributed by atoms with Crippen LogP contribution in [0.3, 0.4) is 0 Å². The molecule has 5 rings (SSSR count). The first-order valence-electron chi connectivity index (χ1n) is 10.9. The Balaban J connectivity index is 1.54. The van der Waals surface area contributed by atoms with E-state index in [1.807, 2.05) is 42.0 Å². The van der Waals surface area contributed by atoms with E-state index in [0.717, 1.165) is 5.56 Å². The van der Waals surface area contributed by atoms with Gasteiger partial charge < -0.3 is 4.52 Å².